The summed E-state index contributed by atoms with van der Waals surface area (Å²) in [5, 5.41) is 0. The zero-order valence-electron chi connectivity index (χ0n) is 8.33. The van der Waals surface area contributed by atoms with Gasteiger partial charge in [-0.15, -0.1) is 0 Å². The number of ether oxygens (including phenoxy) is 1. The van der Waals surface area contributed by atoms with Crippen molar-refractivity contribution in [3.63, 3.8) is 0 Å². The lowest BCUT2D eigenvalue weighted by Gasteiger charge is -1.98. The highest BCUT2D eigenvalue weighted by Crippen LogP contribution is 2.07. The average molecular weight is 188 g/mol. The van der Waals surface area contributed by atoms with E-state index in [1.807, 2.05) is 18.2 Å². The highest BCUT2D eigenvalue weighted by atomic mass is 16.5. The molecule has 1 aromatic carbocycles. The van der Waals surface area contributed by atoms with Crippen LogP contribution in [0, 0.1) is 11.8 Å². The number of rotatable bonds is 2. The molecule has 0 aromatic heterocycles. The molecular weight excluding hydrogens is 176 g/mol. The molecule has 0 radical (unpaired) electrons. The Labute approximate surface area is 83.9 Å². The van der Waals surface area contributed by atoms with Gasteiger partial charge in [-0.25, -0.2) is 0 Å². The summed E-state index contributed by atoms with van der Waals surface area (Å²) in [6.07, 6.45) is 0. The molecule has 0 amide bonds. The number of Topliss-reactive ketones (excluding diaryl/α,β-unsaturated/α-hetero) is 1. The van der Waals surface area contributed by atoms with E-state index in [1.54, 1.807) is 13.2 Å². The molecule has 0 spiro atoms. The summed E-state index contributed by atoms with van der Waals surface area (Å²) in [5.41, 5.74) is 1.42. The fraction of sp³-hybridized carbons (Fsp3) is 0.250. The molecule has 0 N–H and O–H groups in total. The SMILES string of the molecule is COCC#Cc1ccccc1C(C)=O. The van der Waals surface area contributed by atoms with Gasteiger partial charge >= 0.3 is 0 Å². The van der Waals surface area contributed by atoms with Gasteiger partial charge in [-0.05, 0) is 13.0 Å². The summed E-state index contributed by atoms with van der Waals surface area (Å²) < 4.78 is 4.81. The van der Waals surface area contributed by atoms with Gasteiger partial charge in [0.05, 0.1) is 0 Å². The number of methoxy groups -OCH3 is 1. The quantitative estimate of drug-likeness (QED) is 0.523. The van der Waals surface area contributed by atoms with Crippen LogP contribution in [-0.2, 0) is 4.74 Å². The zero-order valence-corrected chi connectivity index (χ0v) is 8.33. The molecule has 2 heteroatoms. The number of carbonyl (C=O) groups is 1. The number of hydrogen-bond acceptors (Lipinski definition) is 2. The molecular formula is C12H12O2. The van der Waals surface area contributed by atoms with Crippen LogP contribution in [0.1, 0.15) is 22.8 Å². The maximum Gasteiger partial charge on any atom is 0.161 e. The predicted molar refractivity (Wildman–Crippen MR) is 55.2 cm³/mol. The highest BCUT2D eigenvalue weighted by Gasteiger charge is 2.02. The fourth-order valence-electron chi connectivity index (χ4n) is 1.10. The first kappa shape index (κ1) is 10.5. The van der Waals surface area contributed by atoms with Gasteiger partial charge in [0.25, 0.3) is 0 Å². The smallest absolute Gasteiger partial charge is 0.161 e. The molecule has 0 saturated heterocycles. The van der Waals surface area contributed by atoms with Crippen LogP contribution < -0.4 is 0 Å². The predicted octanol–water partition coefficient (Wildman–Crippen LogP) is 1.89. The molecule has 0 aliphatic rings. The third kappa shape index (κ3) is 2.72. The molecule has 0 unspecified atom stereocenters. The van der Waals surface area contributed by atoms with Crippen molar-refractivity contribution in [3.8, 4) is 11.8 Å². The van der Waals surface area contributed by atoms with E-state index in [1.165, 1.54) is 6.92 Å². The van der Waals surface area contributed by atoms with Crippen molar-refractivity contribution in [1.29, 1.82) is 0 Å². The first-order chi connectivity index (χ1) is 6.75. The second-order valence-corrected chi connectivity index (χ2v) is 2.84. The molecule has 1 rings (SSSR count). The molecule has 0 saturated carbocycles. The maximum atomic E-state index is 11.2. The van der Waals surface area contributed by atoms with Gasteiger partial charge in [0.1, 0.15) is 6.61 Å². The molecule has 0 aliphatic carbocycles. The fourth-order valence-corrected chi connectivity index (χ4v) is 1.10. The molecule has 72 valence electrons. The van der Waals surface area contributed by atoms with Crippen molar-refractivity contribution in [3.05, 3.63) is 35.4 Å². The van der Waals surface area contributed by atoms with Gasteiger partial charge in [-0.3, -0.25) is 4.79 Å². The summed E-state index contributed by atoms with van der Waals surface area (Å²) in [6, 6.07) is 7.31. The number of ketones is 1. The molecule has 1 aromatic rings. The summed E-state index contributed by atoms with van der Waals surface area (Å²) in [7, 11) is 1.59. The minimum Gasteiger partial charge on any atom is -0.372 e. The third-order valence-corrected chi connectivity index (χ3v) is 1.75. The van der Waals surface area contributed by atoms with E-state index in [4.69, 9.17) is 4.74 Å². The van der Waals surface area contributed by atoms with Gasteiger partial charge in [0, 0.05) is 18.2 Å². The lowest BCUT2D eigenvalue weighted by Crippen LogP contribution is -1.95. The highest BCUT2D eigenvalue weighted by molar-refractivity contribution is 5.96. The topological polar surface area (TPSA) is 26.3 Å². The van der Waals surface area contributed by atoms with Gasteiger partial charge < -0.3 is 4.74 Å². The molecule has 0 bridgehead atoms. The number of benzene rings is 1. The lowest BCUT2D eigenvalue weighted by atomic mass is 10.1. The largest absolute Gasteiger partial charge is 0.372 e. The van der Waals surface area contributed by atoms with E-state index in [2.05, 4.69) is 11.8 Å². The first-order valence-corrected chi connectivity index (χ1v) is 4.33. The Kier molecular flexibility index (Phi) is 3.90. The summed E-state index contributed by atoms with van der Waals surface area (Å²) >= 11 is 0. The standard InChI is InChI=1S/C12H12O2/c1-10(13)12-8-4-3-6-11(12)7-5-9-14-2/h3-4,6,8H,9H2,1-2H3. The maximum absolute atomic E-state index is 11.2. The van der Waals surface area contributed by atoms with Gasteiger partial charge in [-0.2, -0.15) is 0 Å². The Balaban J connectivity index is 2.97. The van der Waals surface area contributed by atoms with Crippen molar-refractivity contribution in [2.45, 2.75) is 6.92 Å². The Bertz CT molecular complexity index is 383. The number of carbonyl (C=O) groups excluding carboxylic acids is 1. The van der Waals surface area contributed by atoms with Crippen molar-refractivity contribution >= 4 is 5.78 Å². The van der Waals surface area contributed by atoms with Gasteiger partial charge in [-0.1, -0.05) is 30.0 Å². The first-order valence-electron chi connectivity index (χ1n) is 4.33. The zero-order chi connectivity index (χ0) is 10.4. The molecule has 0 atom stereocenters. The van der Waals surface area contributed by atoms with Gasteiger partial charge in [0.2, 0.25) is 0 Å². The second-order valence-electron chi connectivity index (χ2n) is 2.84. The van der Waals surface area contributed by atoms with E-state index >= 15 is 0 Å². The average Bonchev–Trinajstić information content (AvgIpc) is 2.19. The monoisotopic (exact) mass is 188 g/mol. The summed E-state index contributed by atoms with van der Waals surface area (Å²) in [5.74, 6) is 5.76. The van der Waals surface area contributed by atoms with Crippen molar-refractivity contribution < 1.29 is 9.53 Å². The normalized spacial score (nSPS) is 9.00. The Morgan fingerprint density at radius 3 is 2.79 bits per heavy atom. The van der Waals surface area contributed by atoms with E-state index in [0.29, 0.717) is 12.2 Å². The van der Waals surface area contributed by atoms with Crippen LogP contribution in [0.15, 0.2) is 24.3 Å². The lowest BCUT2D eigenvalue weighted by molar-refractivity contribution is 0.101. The van der Waals surface area contributed by atoms with E-state index < -0.39 is 0 Å². The van der Waals surface area contributed by atoms with Crippen molar-refractivity contribution in [2.24, 2.45) is 0 Å². The van der Waals surface area contributed by atoms with Crippen LogP contribution >= 0.6 is 0 Å². The van der Waals surface area contributed by atoms with E-state index in [0.717, 1.165) is 5.56 Å². The molecule has 0 aliphatic heterocycles. The Morgan fingerprint density at radius 2 is 2.14 bits per heavy atom. The molecule has 0 fully saturated rings. The second kappa shape index (κ2) is 5.21. The van der Waals surface area contributed by atoms with Crippen LogP contribution in [0.5, 0.6) is 0 Å². The summed E-state index contributed by atoms with van der Waals surface area (Å²) in [4.78, 5) is 11.2. The molecule has 2 nitrogen and oxygen atoms in total. The van der Waals surface area contributed by atoms with Crippen LogP contribution in [0.25, 0.3) is 0 Å². The number of hydrogen-bond donors (Lipinski definition) is 0. The van der Waals surface area contributed by atoms with Crippen molar-refractivity contribution in [2.75, 3.05) is 13.7 Å². The minimum absolute atomic E-state index is 0.0346. The van der Waals surface area contributed by atoms with Crippen LogP contribution in [0.3, 0.4) is 0 Å². The Hall–Kier alpha value is -1.59. The molecule has 14 heavy (non-hydrogen) atoms. The van der Waals surface area contributed by atoms with Crippen LogP contribution in [0.2, 0.25) is 0 Å². The Morgan fingerprint density at radius 1 is 1.43 bits per heavy atom. The van der Waals surface area contributed by atoms with E-state index in [-0.39, 0.29) is 5.78 Å². The third-order valence-electron chi connectivity index (χ3n) is 1.75. The summed E-state index contributed by atoms with van der Waals surface area (Å²) in [6.45, 7) is 1.92. The minimum atomic E-state index is 0.0346. The van der Waals surface area contributed by atoms with E-state index in [9.17, 15) is 4.79 Å². The van der Waals surface area contributed by atoms with Gasteiger partial charge in [0.15, 0.2) is 5.78 Å². The van der Waals surface area contributed by atoms with Crippen molar-refractivity contribution in [1.82, 2.24) is 0 Å². The van der Waals surface area contributed by atoms with Crippen LogP contribution in [0.4, 0.5) is 0 Å². The van der Waals surface area contributed by atoms with Crippen LogP contribution in [-0.4, -0.2) is 19.5 Å². The molecule has 0 heterocycles.